The van der Waals surface area contributed by atoms with E-state index in [9.17, 15) is 4.79 Å². The summed E-state index contributed by atoms with van der Waals surface area (Å²) in [5.41, 5.74) is 0.532. The summed E-state index contributed by atoms with van der Waals surface area (Å²) in [5, 5.41) is 9.51. The van der Waals surface area contributed by atoms with Gasteiger partial charge in [-0.25, -0.2) is 0 Å². The fraction of sp³-hybridized carbons (Fsp3) is 0.333. The van der Waals surface area contributed by atoms with E-state index in [0.717, 1.165) is 0 Å². The molecule has 16 heavy (non-hydrogen) atoms. The van der Waals surface area contributed by atoms with Crippen LogP contribution in [0.2, 0.25) is 5.02 Å². The number of halogens is 1. The molecule has 0 aliphatic heterocycles. The molecule has 0 radical (unpaired) electrons. The van der Waals surface area contributed by atoms with Gasteiger partial charge in [-0.05, 0) is 18.2 Å². The Morgan fingerprint density at radius 3 is 2.81 bits per heavy atom. The number of carbonyl (C=O) groups is 1. The molecule has 0 aliphatic rings. The third kappa shape index (κ3) is 2.53. The van der Waals surface area contributed by atoms with Crippen molar-refractivity contribution in [3.05, 3.63) is 28.8 Å². The second-order valence-corrected chi connectivity index (χ2v) is 3.70. The number of nitriles is 1. The predicted molar refractivity (Wildman–Crippen MR) is 61.7 cm³/mol. The van der Waals surface area contributed by atoms with E-state index < -0.39 is 5.92 Å². The maximum Gasteiger partial charge on any atom is 0.154 e. The van der Waals surface area contributed by atoms with E-state index in [1.807, 2.05) is 6.07 Å². The van der Waals surface area contributed by atoms with Crippen LogP contribution < -0.4 is 4.74 Å². The lowest BCUT2D eigenvalue weighted by Crippen LogP contribution is -2.10. The van der Waals surface area contributed by atoms with Crippen molar-refractivity contribution in [2.75, 3.05) is 7.11 Å². The lowest BCUT2D eigenvalue weighted by Gasteiger charge is -2.12. The van der Waals surface area contributed by atoms with Gasteiger partial charge in [-0.15, -0.1) is 0 Å². The molecule has 1 unspecified atom stereocenters. The molecule has 0 aliphatic carbocycles. The van der Waals surface area contributed by atoms with Gasteiger partial charge in [0.1, 0.15) is 11.7 Å². The van der Waals surface area contributed by atoms with E-state index in [1.165, 1.54) is 7.11 Å². The Morgan fingerprint density at radius 1 is 1.62 bits per heavy atom. The van der Waals surface area contributed by atoms with Crippen LogP contribution >= 0.6 is 11.6 Å². The minimum absolute atomic E-state index is 0.136. The fourth-order valence-electron chi connectivity index (χ4n) is 1.45. The minimum Gasteiger partial charge on any atom is -0.496 e. The Kier molecular flexibility index (Phi) is 4.33. The van der Waals surface area contributed by atoms with Crippen LogP contribution in [0.1, 0.15) is 24.8 Å². The summed E-state index contributed by atoms with van der Waals surface area (Å²) in [7, 11) is 1.50. The zero-order chi connectivity index (χ0) is 12.1. The van der Waals surface area contributed by atoms with Crippen molar-refractivity contribution in [2.45, 2.75) is 19.3 Å². The molecule has 0 aromatic heterocycles. The van der Waals surface area contributed by atoms with Crippen molar-refractivity contribution in [1.82, 2.24) is 0 Å². The quantitative estimate of drug-likeness (QED) is 0.809. The van der Waals surface area contributed by atoms with Gasteiger partial charge in [0.05, 0.1) is 13.2 Å². The third-order valence-corrected chi connectivity index (χ3v) is 2.54. The van der Waals surface area contributed by atoms with Crippen molar-refractivity contribution in [1.29, 1.82) is 5.26 Å². The molecule has 1 aromatic carbocycles. The summed E-state index contributed by atoms with van der Waals surface area (Å²) in [6, 6.07) is 6.90. The van der Waals surface area contributed by atoms with E-state index >= 15 is 0 Å². The maximum absolute atomic E-state index is 11.6. The highest BCUT2D eigenvalue weighted by atomic mass is 35.5. The monoisotopic (exact) mass is 237 g/mol. The molecule has 0 saturated heterocycles. The van der Waals surface area contributed by atoms with E-state index in [2.05, 4.69) is 0 Å². The molecule has 0 spiro atoms. The summed E-state index contributed by atoms with van der Waals surface area (Å²) in [6.07, 6.45) is 0.313. The Hall–Kier alpha value is -1.53. The highest BCUT2D eigenvalue weighted by molar-refractivity contribution is 6.30. The molecule has 0 bridgehead atoms. The van der Waals surface area contributed by atoms with Gasteiger partial charge >= 0.3 is 0 Å². The number of benzene rings is 1. The first kappa shape index (κ1) is 12.5. The highest BCUT2D eigenvalue weighted by Gasteiger charge is 2.22. The molecule has 3 nitrogen and oxygen atoms in total. The van der Waals surface area contributed by atoms with E-state index in [1.54, 1.807) is 25.1 Å². The predicted octanol–water partition coefficient (Wildman–Crippen LogP) is 2.93. The van der Waals surface area contributed by atoms with E-state index in [-0.39, 0.29) is 5.78 Å². The number of nitrogens with zero attached hydrogens (tertiary/aromatic N) is 1. The molecule has 4 heteroatoms. The number of rotatable bonds is 4. The summed E-state index contributed by atoms with van der Waals surface area (Å²) in [5.74, 6) is -0.431. The number of carbonyl (C=O) groups excluding carboxylic acids is 1. The van der Waals surface area contributed by atoms with Crippen LogP contribution in [0.25, 0.3) is 0 Å². The maximum atomic E-state index is 11.6. The third-order valence-electron chi connectivity index (χ3n) is 2.30. The highest BCUT2D eigenvalue weighted by Crippen LogP contribution is 2.30. The van der Waals surface area contributed by atoms with Gasteiger partial charge in [0, 0.05) is 17.0 Å². The first-order valence-electron chi connectivity index (χ1n) is 4.89. The van der Waals surface area contributed by atoms with Crippen LogP contribution in [-0.4, -0.2) is 12.9 Å². The van der Waals surface area contributed by atoms with Crippen LogP contribution in [0.3, 0.4) is 0 Å². The van der Waals surface area contributed by atoms with Crippen molar-refractivity contribution in [3.8, 4) is 11.8 Å². The van der Waals surface area contributed by atoms with Gasteiger partial charge in [0.25, 0.3) is 0 Å². The second kappa shape index (κ2) is 5.53. The lowest BCUT2D eigenvalue weighted by molar-refractivity contribution is -0.119. The van der Waals surface area contributed by atoms with Crippen molar-refractivity contribution in [2.24, 2.45) is 0 Å². The molecule has 0 fully saturated rings. The SMILES string of the molecule is CCC(=O)C(C#N)c1cc(Cl)ccc1OC. The van der Waals surface area contributed by atoms with Gasteiger partial charge in [-0.1, -0.05) is 18.5 Å². The van der Waals surface area contributed by atoms with Crippen LogP contribution in [-0.2, 0) is 4.79 Å². The Labute approximate surface area is 99.6 Å². The van der Waals surface area contributed by atoms with Crippen LogP contribution in [0, 0.1) is 11.3 Å². The topological polar surface area (TPSA) is 50.1 Å². The molecule has 84 valence electrons. The van der Waals surface area contributed by atoms with E-state index in [0.29, 0.717) is 22.8 Å². The summed E-state index contributed by atoms with van der Waals surface area (Å²) in [6.45, 7) is 1.73. The molecule has 0 saturated carbocycles. The van der Waals surface area contributed by atoms with Crippen molar-refractivity contribution >= 4 is 17.4 Å². The Morgan fingerprint density at radius 2 is 2.31 bits per heavy atom. The number of ether oxygens (including phenoxy) is 1. The Balaban J connectivity index is 3.23. The Bertz CT molecular complexity index is 437. The lowest BCUT2D eigenvalue weighted by atomic mass is 9.94. The first-order chi connectivity index (χ1) is 7.63. The molecule has 1 rings (SSSR count). The molecule has 0 amide bonds. The molecule has 1 atom stereocenters. The second-order valence-electron chi connectivity index (χ2n) is 3.27. The van der Waals surface area contributed by atoms with Crippen LogP contribution in [0.5, 0.6) is 5.75 Å². The standard InChI is InChI=1S/C12H12ClNO2/c1-3-11(15)10(7-14)9-6-8(13)4-5-12(9)16-2/h4-6,10H,3H2,1-2H3. The first-order valence-corrected chi connectivity index (χ1v) is 5.27. The van der Waals surface area contributed by atoms with Gasteiger partial charge < -0.3 is 4.74 Å². The number of hydrogen-bond donors (Lipinski definition) is 0. The minimum atomic E-state index is -0.807. The summed E-state index contributed by atoms with van der Waals surface area (Å²) in [4.78, 5) is 11.6. The fourth-order valence-corrected chi connectivity index (χ4v) is 1.63. The van der Waals surface area contributed by atoms with Crippen LogP contribution in [0.15, 0.2) is 18.2 Å². The van der Waals surface area contributed by atoms with Crippen molar-refractivity contribution in [3.63, 3.8) is 0 Å². The molecule has 1 aromatic rings. The van der Waals surface area contributed by atoms with Crippen LogP contribution in [0.4, 0.5) is 0 Å². The average molecular weight is 238 g/mol. The normalized spacial score (nSPS) is 11.6. The molecule has 0 heterocycles. The smallest absolute Gasteiger partial charge is 0.154 e. The number of methoxy groups -OCH3 is 1. The zero-order valence-corrected chi connectivity index (χ0v) is 9.91. The molecule has 0 N–H and O–H groups in total. The van der Waals surface area contributed by atoms with Crippen molar-refractivity contribution < 1.29 is 9.53 Å². The van der Waals surface area contributed by atoms with Gasteiger partial charge in [0.15, 0.2) is 5.78 Å². The molecular weight excluding hydrogens is 226 g/mol. The number of Topliss-reactive ketones (excluding diaryl/α,β-unsaturated/α-hetero) is 1. The molecular formula is C12H12ClNO2. The van der Waals surface area contributed by atoms with E-state index in [4.69, 9.17) is 21.6 Å². The van der Waals surface area contributed by atoms with Gasteiger partial charge in [-0.3, -0.25) is 4.79 Å². The summed E-state index contributed by atoms with van der Waals surface area (Å²) >= 11 is 5.85. The largest absolute Gasteiger partial charge is 0.496 e. The summed E-state index contributed by atoms with van der Waals surface area (Å²) < 4.78 is 5.12. The van der Waals surface area contributed by atoms with Gasteiger partial charge in [0.2, 0.25) is 0 Å². The zero-order valence-electron chi connectivity index (χ0n) is 9.16. The van der Waals surface area contributed by atoms with Gasteiger partial charge in [-0.2, -0.15) is 5.26 Å². The number of hydrogen-bond acceptors (Lipinski definition) is 3. The number of ketones is 1. The average Bonchev–Trinajstić information content (AvgIpc) is 2.30.